The minimum Gasteiger partial charge on any atom is -0.318 e. The van der Waals surface area contributed by atoms with Crippen molar-refractivity contribution in [2.75, 3.05) is 0 Å². The molecule has 3 heteroatoms. The molecule has 0 saturated heterocycles. The highest BCUT2D eigenvalue weighted by Gasteiger charge is 2.27. The third-order valence-electron chi connectivity index (χ3n) is 4.22. The minimum atomic E-state index is -0.504. The van der Waals surface area contributed by atoms with Crippen LogP contribution in [0.25, 0.3) is 0 Å². The number of hydrogen-bond acceptors (Lipinski definition) is 3. The van der Waals surface area contributed by atoms with E-state index in [1.54, 1.807) is 0 Å². The number of benzene rings is 2. The Balaban J connectivity index is 0.000000271. The van der Waals surface area contributed by atoms with Gasteiger partial charge in [-0.15, -0.1) is 0 Å². The van der Waals surface area contributed by atoms with Crippen molar-refractivity contribution < 1.29 is 9.59 Å². The number of nitrogens with two attached hydrogens (primary N) is 1. The van der Waals surface area contributed by atoms with Gasteiger partial charge in [-0.05, 0) is 11.1 Å². The maximum atomic E-state index is 11.8. The molecular formula is C24H33NO2. The van der Waals surface area contributed by atoms with Gasteiger partial charge < -0.3 is 5.73 Å². The second-order valence-electron chi connectivity index (χ2n) is 8.84. The van der Waals surface area contributed by atoms with Crippen LogP contribution in [0.2, 0.25) is 0 Å². The zero-order chi connectivity index (χ0) is 20.7. The molecule has 0 aromatic heterocycles. The van der Waals surface area contributed by atoms with Crippen molar-refractivity contribution in [1.29, 1.82) is 0 Å². The van der Waals surface area contributed by atoms with E-state index < -0.39 is 6.04 Å². The molecule has 0 amide bonds. The van der Waals surface area contributed by atoms with Gasteiger partial charge in [-0.25, -0.2) is 0 Å². The van der Waals surface area contributed by atoms with Gasteiger partial charge >= 0.3 is 0 Å². The predicted octanol–water partition coefficient (Wildman–Crippen LogP) is 5.15. The van der Waals surface area contributed by atoms with Gasteiger partial charge in [0.05, 0.1) is 6.04 Å². The summed E-state index contributed by atoms with van der Waals surface area (Å²) in [6.07, 6.45) is 0.546. The Morgan fingerprint density at radius 1 is 0.778 bits per heavy atom. The molecule has 1 atom stereocenters. The van der Waals surface area contributed by atoms with E-state index in [9.17, 15) is 9.59 Å². The summed E-state index contributed by atoms with van der Waals surface area (Å²) >= 11 is 0. The molecule has 0 fully saturated rings. The number of hydrogen-bond donors (Lipinski definition) is 1. The number of rotatable bonds is 4. The smallest absolute Gasteiger partial charge is 0.159 e. The number of ketones is 2. The summed E-state index contributed by atoms with van der Waals surface area (Å²) in [6.45, 7) is 11.5. The van der Waals surface area contributed by atoms with E-state index >= 15 is 0 Å². The second kappa shape index (κ2) is 9.61. The van der Waals surface area contributed by atoms with E-state index in [1.807, 2.05) is 102 Å². The van der Waals surface area contributed by atoms with Crippen LogP contribution in [0.1, 0.15) is 58.7 Å². The molecule has 0 aliphatic carbocycles. The van der Waals surface area contributed by atoms with Gasteiger partial charge in [-0.2, -0.15) is 0 Å². The predicted molar refractivity (Wildman–Crippen MR) is 112 cm³/mol. The Kier molecular flexibility index (Phi) is 8.11. The molecule has 0 heterocycles. The highest BCUT2D eigenvalue weighted by Crippen LogP contribution is 2.23. The zero-order valence-electron chi connectivity index (χ0n) is 17.5. The summed E-state index contributed by atoms with van der Waals surface area (Å²) in [7, 11) is 0. The fourth-order valence-electron chi connectivity index (χ4n) is 2.32. The molecule has 146 valence electrons. The maximum absolute atomic E-state index is 11.8. The van der Waals surface area contributed by atoms with E-state index in [1.165, 1.54) is 0 Å². The van der Waals surface area contributed by atoms with Crippen LogP contribution in [0.3, 0.4) is 0 Å². The first-order chi connectivity index (χ1) is 12.4. The van der Waals surface area contributed by atoms with Crippen LogP contribution in [0.4, 0.5) is 0 Å². The van der Waals surface area contributed by atoms with Crippen molar-refractivity contribution in [3.63, 3.8) is 0 Å². The molecule has 0 aliphatic heterocycles. The average Bonchev–Trinajstić information content (AvgIpc) is 2.61. The second-order valence-corrected chi connectivity index (χ2v) is 8.84. The van der Waals surface area contributed by atoms with Crippen molar-refractivity contribution in [3.8, 4) is 0 Å². The molecule has 2 N–H and O–H groups in total. The Bertz CT molecular complexity index is 722. The van der Waals surface area contributed by atoms with Crippen molar-refractivity contribution in [2.24, 2.45) is 16.6 Å². The fraction of sp³-hybridized carbons (Fsp3) is 0.417. The van der Waals surface area contributed by atoms with Crippen LogP contribution in [0, 0.1) is 10.8 Å². The molecule has 0 bridgehead atoms. The third kappa shape index (κ3) is 7.88. The fourth-order valence-corrected chi connectivity index (χ4v) is 2.32. The first-order valence-corrected chi connectivity index (χ1v) is 9.35. The monoisotopic (exact) mass is 367 g/mol. The Morgan fingerprint density at radius 3 is 1.63 bits per heavy atom. The first-order valence-electron chi connectivity index (χ1n) is 9.35. The molecule has 0 saturated carbocycles. The largest absolute Gasteiger partial charge is 0.318 e. The first kappa shape index (κ1) is 22.8. The standard InChI is InChI=1S/C12H17NO.C12H16O/c1-12(2,3)11(14)10(13)9-7-5-4-6-8-9;1-12(2,3)11(13)9-10-7-5-4-6-8-10/h4-8,10H,13H2,1-3H3;4-8H,9H2,1-3H3. The lowest BCUT2D eigenvalue weighted by Crippen LogP contribution is -2.31. The van der Waals surface area contributed by atoms with Crippen molar-refractivity contribution >= 4 is 11.6 Å². The van der Waals surface area contributed by atoms with E-state index in [4.69, 9.17) is 5.73 Å². The average molecular weight is 368 g/mol. The SMILES string of the molecule is CC(C)(C)C(=O)C(N)c1ccccc1.CC(C)(C)C(=O)Cc1ccccc1. The van der Waals surface area contributed by atoms with Gasteiger partial charge in [0.2, 0.25) is 0 Å². The van der Waals surface area contributed by atoms with E-state index in [2.05, 4.69) is 0 Å². The molecule has 2 aromatic carbocycles. The molecule has 0 spiro atoms. The molecular weight excluding hydrogens is 334 g/mol. The van der Waals surface area contributed by atoms with E-state index in [-0.39, 0.29) is 16.6 Å². The highest BCUT2D eigenvalue weighted by molar-refractivity contribution is 5.89. The summed E-state index contributed by atoms with van der Waals surface area (Å²) in [6, 6.07) is 18.8. The van der Waals surface area contributed by atoms with Crippen molar-refractivity contribution in [1.82, 2.24) is 0 Å². The number of Topliss-reactive ketones (excluding diaryl/α,β-unsaturated/α-hetero) is 2. The van der Waals surface area contributed by atoms with Gasteiger partial charge in [-0.1, -0.05) is 102 Å². The van der Waals surface area contributed by atoms with Crippen molar-refractivity contribution in [3.05, 3.63) is 71.8 Å². The molecule has 0 aliphatic rings. The summed E-state index contributed by atoms with van der Waals surface area (Å²) in [5.74, 6) is 0.363. The normalized spacial score (nSPS) is 12.6. The highest BCUT2D eigenvalue weighted by atomic mass is 16.1. The molecule has 27 heavy (non-hydrogen) atoms. The van der Waals surface area contributed by atoms with Gasteiger partial charge in [0.1, 0.15) is 5.78 Å². The molecule has 2 rings (SSSR count). The Morgan fingerprint density at radius 2 is 1.22 bits per heavy atom. The lowest BCUT2D eigenvalue weighted by atomic mass is 9.84. The molecule has 2 aromatic rings. The summed E-state index contributed by atoms with van der Waals surface area (Å²) < 4.78 is 0. The molecule has 3 nitrogen and oxygen atoms in total. The molecule has 1 unspecified atom stereocenters. The summed E-state index contributed by atoms with van der Waals surface area (Å²) in [5, 5.41) is 0. The lowest BCUT2D eigenvalue weighted by molar-refractivity contribution is -0.127. The van der Waals surface area contributed by atoms with Crippen LogP contribution in [-0.4, -0.2) is 11.6 Å². The van der Waals surface area contributed by atoms with E-state index in [0.29, 0.717) is 12.2 Å². The van der Waals surface area contributed by atoms with Crippen LogP contribution >= 0.6 is 0 Å². The Labute approximate surface area is 164 Å². The Hall–Kier alpha value is -2.26. The quantitative estimate of drug-likeness (QED) is 0.813. The van der Waals surface area contributed by atoms with Gasteiger partial charge in [0, 0.05) is 17.3 Å². The van der Waals surface area contributed by atoms with Gasteiger partial charge in [0.15, 0.2) is 5.78 Å². The van der Waals surface area contributed by atoms with Crippen LogP contribution in [-0.2, 0) is 16.0 Å². The van der Waals surface area contributed by atoms with E-state index in [0.717, 1.165) is 11.1 Å². The number of carbonyl (C=O) groups excluding carboxylic acids is 2. The van der Waals surface area contributed by atoms with Crippen LogP contribution < -0.4 is 5.73 Å². The van der Waals surface area contributed by atoms with Crippen LogP contribution in [0.5, 0.6) is 0 Å². The van der Waals surface area contributed by atoms with Gasteiger partial charge in [-0.3, -0.25) is 9.59 Å². The molecule has 0 radical (unpaired) electrons. The zero-order valence-corrected chi connectivity index (χ0v) is 17.5. The van der Waals surface area contributed by atoms with Crippen LogP contribution in [0.15, 0.2) is 60.7 Å². The maximum Gasteiger partial charge on any atom is 0.159 e. The lowest BCUT2D eigenvalue weighted by Gasteiger charge is -2.21. The topological polar surface area (TPSA) is 60.2 Å². The third-order valence-corrected chi connectivity index (χ3v) is 4.22. The number of carbonyl (C=O) groups is 2. The summed E-state index contributed by atoms with van der Waals surface area (Å²) in [5.41, 5.74) is 7.25. The van der Waals surface area contributed by atoms with Gasteiger partial charge in [0.25, 0.3) is 0 Å². The van der Waals surface area contributed by atoms with Crippen molar-refractivity contribution in [2.45, 2.75) is 54.0 Å². The minimum absolute atomic E-state index is 0.0729. The summed E-state index contributed by atoms with van der Waals surface area (Å²) in [4.78, 5) is 23.5.